The van der Waals surface area contributed by atoms with E-state index in [1.54, 1.807) is 0 Å². The van der Waals surface area contributed by atoms with Gasteiger partial charge in [-0.15, -0.1) is 0 Å². The van der Waals surface area contributed by atoms with Crippen LogP contribution in [-0.4, -0.2) is 16.0 Å². The highest BCUT2D eigenvalue weighted by Gasteiger charge is 2.02. The maximum absolute atomic E-state index is 4.22. The van der Waals surface area contributed by atoms with Crippen molar-refractivity contribution in [3.05, 3.63) is 30.0 Å². The quantitative estimate of drug-likeness (QED) is 0.718. The third kappa shape index (κ3) is 1.70. The third-order valence-electron chi connectivity index (χ3n) is 2.13. The molecule has 0 fully saturated rings. The molecular weight excluding hydrogens is 180 g/mol. The molecule has 2 rings (SSSR count). The van der Waals surface area contributed by atoms with Gasteiger partial charge in [-0.3, -0.25) is 5.10 Å². The maximum Gasteiger partial charge on any atom is 0.0923 e. The number of para-hydroxylation sites is 1. The van der Waals surface area contributed by atoms with Crippen molar-refractivity contribution >= 4 is 23.5 Å². The van der Waals surface area contributed by atoms with E-state index in [2.05, 4.69) is 28.9 Å². The Morgan fingerprint density at radius 2 is 2.15 bits per heavy atom. The number of nitrogens with one attached hydrogen (secondary N) is 1. The molecule has 0 spiro atoms. The summed E-state index contributed by atoms with van der Waals surface area (Å²) in [5.41, 5.74) is 2.28. The second-order valence-electron chi connectivity index (χ2n) is 3.05. The van der Waals surface area contributed by atoms with E-state index in [1.165, 1.54) is 11.1 Å². The van der Waals surface area contributed by atoms with Gasteiger partial charge < -0.3 is 0 Å². The summed E-state index contributed by atoms with van der Waals surface area (Å²) in [7, 11) is 0. The minimum Gasteiger partial charge on any atom is -0.281 e. The molecule has 0 aliphatic carbocycles. The van der Waals surface area contributed by atoms with Crippen LogP contribution < -0.4 is 0 Å². The highest BCUT2D eigenvalue weighted by Crippen LogP contribution is 2.16. The van der Waals surface area contributed by atoms with E-state index in [4.69, 9.17) is 0 Å². The van der Waals surface area contributed by atoms with Gasteiger partial charge in [-0.05, 0) is 24.7 Å². The molecule has 68 valence electrons. The number of fused-ring (bicyclic) bond motifs is 1. The van der Waals surface area contributed by atoms with Crippen LogP contribution in [-0.2, 0) is 6.42 Å². The second kappa shape index (κ2) is 3.83. The fraction of sp³-hybridized carbons (Fsp3) is 0.300. The van der Waals surface area contributed by atoms with Gasteiger partial charge in [-0.25, -0.2) is 0 Å². The van der Waals surface area contributed by atoms with Gasteiger partial charge in [0, 0.05) is 11.1 Å². The first-order valence-electron chi connectivity index (χ1n) is 4.44. The van der Waals surface area contributed by atoms with E-state index < -0.39 is 0 Å². The standard InChI is InChI=1S/C10H12N2S/c13-7-3-6-10-8-4-1-2-5-9(8)11-12-10/h1-2,4-5,13H,3,6-7H2,(H,11,12). The molecule has 0 radical (unpaired) electrons. The van der Waals surface area contributed by atoms with Gasteiger partial charge in [0.1, 0.15) is 0 Å². The summed E-state index contributed by atoms with van der Waals surface area (Å²) in [6, 6.07) is 8.18. The number of hydrogen-bond acceptors (Lipinski definition) is 2. The van der Waals surface area contributed by atoms with Crippen LogP contribution in [0.15, 0.2) is 24.3 Å². The molecule has 3 heteroatoms. The van der Waals surface area contributed by atoms with Crippen LogP contribution in [0.3, 0.4) is 0 Å². The first-order valence-corrected chi connectivity index (χ1v) is 5.08. The van der Waals surface area contributed by atoms with Gasteiger partial charge in [-0.2, -0.15) is 17.7 Å². The molecular formula is C10H12N2S. The minimum atomic E-state index is 0.924. The van der Waals surface area contributed by atoms with Crippen molar-refractivity contribution in [2.75, 3.05) is 5.75 Å². The van der Waals surface area contributed by atoms with Crippen molar-refractivity contribution in [2.24, 2.45) is 0 Å². The molecule has 2 aromatic rings. The Morgan fingerprint density at radius 3 is 3.00 bits per heavy atom. The fourth-order valence-corrected chi connectivity index (χ4v) is 1.62. The zero-order chi connectivity index (χ0) is 9.10. The summed E-state index contributed by atoms with van der Waals surface area (Å²) in [6.45, 7) is 0. The van der Waals surface area contributed by atoms with Crippen molar-refractivity contribution in [2.45, 2.75) is 12.8 Å². The van der Waals surface area contributed by atoms with Crippen LogP contribution in [0.4, 0.5) is 0 Å². The number of benzene rings is 1. The van der Waals surface area contributed by atoms with Gasteiger partial charge in [-0.1, -0.05) is 18.2 Å². The molecule has 1 aromatic heterocycles. The normalized spacial score (nSPS) is 10.8. The van der Waals surface area contributed by atoms with E-state index in [1.807, 2.05) is 18.2 Å². The molecule has 0 aliphatic heterocycles. The van der Waals surface area contributed by atoms with E-state index >= 15 is 0 Å². The van der Waals surface area contributed by atoms with Crippen molar-refractivity contribution in [3.63, 3.8) is 0 Å². The Balaban J connectivity index is 2.35. The van der Waals surface area contributed by atoms with Crippen molar-refractivity contribution in [1.29, 1.82) is 0 Å². The highest BCUT2D eigenvalue weighted by atomic mass is 32.1. The van der Waals surface area contributed by atoms with Crippen molar-refractivity contribution in [3.8, 4) is 0 Å². The number of H-pyrrole nitrogens is 1. The van der Waals surface area contributed by atoms with E-state index in [0.717, 1.165) is 24.1 Å². The number of rotatable bonds is 3. The van der Waals surface area contributed by atoms with Gasteiger partial charge >= 0.3 is 0 Å². The first-order chi connectivity index (χ1) is 6.42. The number of nitrogens with zero attached hydrogens (tertiary/aromatic N) is 1. The molecule has 0 aliphatic rings. The molecule has 1 aromatic carbocycles. The van der Waals surface area contributed by atoms with Gasteiger partial charge in [0.05, 0.1) is 5.52 Å². The molecule has 2 nitrogen and oxygen atoms in total. The summed E-state index contributed by atoms with van der Waals surface area (Å²) in [6.07, 6.45) is 2.12. The maximum atomic E-state index is 4.22. The number of thiol groups is 1. The second-order valence-corrected chi connectivity index (χ2v) is 3.49. The highest BCUT2D eigenvalue weighted by molar-refractivity contribution is 7.80. The predicted octanol–water partition coefficient (Wildman–Crippen LogP) is 2.43. The van der Waals surface area contributed by atoms with Crippen LogP contribution in [0.2, 0.25) is 0 Å². The smallest absolute Gasteiger partial charge is 0.0923 e. The fourth-order valence-electron chi connectivity index (χ4n) is 1.46. The Labute approximate surface area is 82.8 Å². The first kappa shape index (κ1) is 8.63. The van der Waals surface area contributed by atoms with Crippen molar-refractivity contribution < 1.29 is 0 Å². The number of hydrogen-bond donors (Lipinski definition) is 2. The van der Waals surface area contributed by atoms with E-state index in [0.29, 0.717) is 0 Å². The topological polar surface area (TPSA) is 28.7 Å². The number of aromatic nitrogens is 2. The minimum absolute atomic E-state index is 0.924. The Bertz CT molecular complexity index is 394. The average molecular weight is 192 g/mol. The summed E-state index contributed by atoms with van der Waals surface area (Å²) in [5.74, 6) is 0.924. The van der Waals surface area contributed by atoms with Gasteiger partial charge in [0.2, 0.25) is 0 Å². The molecule has 13 heavy (non-hydrogen) atoms. The third-order valence-corrected chi connectivity index (χ3v) is 2.44. The summed E-state index contributed by atoms with van der Waals surface area (Å²) >= 11 is 4.19. The van der Waals surface area contributed by atoms with Gasteiger partial charge in [0.25, 0.3) is 0 Å². The number of aromatic amines is 1. The summed E-state index contributed by atoms with van der Waals surface area (Å²) in [4.78, 5) is 0. The molecule has 0 unspecified atom stereocenters. The van der Waals surface area contributed by atoms with E-state index in [9.17, 15) is 0 Å². The lowest BCUT2D eigenvalue weighted by atomic mass is 10.1. The van der Waals surface area contributed by atoms with Crippen LogP contribution in [0.25, 0.3) is 10.9 Å². The van der Waals surface area contributed by atoms with Gasteiger partial charge in [0.15, 0.2) is 0 Å². The molecule has 1 heterocycles. The van der Waals surface area contributed by atoms with Crippen molar-refractivity contribution in [1.82, 2.24) is 10.2 Å². The molecule has 0 amide bonds. The molecule has 1 N–H and O–H groups in total. The molecule has 0 saturated heterocycles. The monoisotopic (exact) mass is 192 g/mol. The SMILES string of the molecule is SCCCc1[nH]nc2ccccc12. The molecule has 0 bridgehead atoms. The van der Waals surface area contributed by atoms with Crippen LogP contribution >= 0.6 is 12.6 Å². The summed E-state index contributed by atoms with van der Waals surface area (Å²) in [5, 5.41) is 8.53. The van der Waals surface area contributed by atoms with Crippen LogP contribution in [0, 0.1) is 0 Å². The van der Waals surface area contributed by atoms with E-state index in [-0.39, 0.29) is 0 Å². The largest absolute Gasteiger partial charge is 0.281 e. The van der Waals surface area contributed by atoms with Crippen LogP contribution in [0.1, 0.15) is 12.1 Å². The van der Waals surface area contributed by atoms with Crippen LogP contribution in [0.5, 0.6) is 0 Å². The lowest BCUT2D eigenvalue weighted by Crippen LogP contribution is -1.86. The average Bonchev–Trinajstić information content (AvgIpc) is 2.58. The Kier molecular flexibility index (Phi) is 2.54. The predicted molar refractivity (Wildman–Crippen MR) is 58.3 cm³/mol. The summed E-state index contributed by atoms with van der Waals surface area (Å²) < 4.78 is 0. The Morgan fingerprint density at radius 1 is 1.31 bits per heavy atom. The lowest BCUT2D eigenvalue weighted by molar-refractivity contribution is 0.884. The zero-order valence-electron chi connectivity index (χ0n) is 7.33. The molecule has 0 atom stereocenters. The number of aryl methyl sites for hydroxylation is 1. The zero-order valence-corrected chi connectivity index (χ0v) is 8.22. The Hall–Kier alpha value is -0.960. The lowest BCUT2D eigenvalue weighted by Gasteiger charge is -1.94. The molecule has 0 saturated carbocycles.